The topological polar surface area (TPSA) is 93.9 Å². The number of thiophene rings is 1. The highest BCUT2D eigenvalue weighted by Crippen LogP contribution is 2.36. The van der Waals surface area contributed by atoms with Gasteiger partial charge in [-0.25, -0.2) is 9.59 Å². The van der Waals surface area contributed by atoms with Crippen molar-refractivity contribution in [2.45, 2.75) is 0 Å². The number of hydrogen-bond acceptors (Lipinski definition) is 8. The number of nitrogens with zero attached hydrogens (tertiary/aromatic N) is 1. The molecule has 1 heterocycles. The molecule has 0 bridgehead atoms. The van der Waals surface area contributed by atoms with Crippen LogP contribution in [0, 0.1) is 0 Å². The van der Waals surface area contributed by atoms with E-state index in [-0.39, 0.29) is 16.1 Å². The molecule has 0 aliphatic carbocycles. The lowest BCUT2D eigenvalue weighted by atomic mass is 10.2. The number of nitrogens with one attached hydrogen (secondary N) is 1. The zero-order chi connectivity index (χ0) is 15.3. The average molecular weight is 301 g/mol. The Balaban J connectivity index is 3.07. The van der Waals surface area contributed by atoms with E-state index >= 15 is 0 Å². The highest BCUT2D eigenvalue weighted by Gasteiger charge is 2.26. The minimum atomic E-state index is -0.582. The molecule has 1 rings (SSSR count). The van der Waals surface area contributed by atoms with Crippen molar-refractivity contribution in [3.63, 3.8) is 0 Å². The Morgan fingerprint density at radius 2 is 1.85 bits per heavy atom. The first kappa shape index (κ1) is 16.3. The summed E-state index contributed by atoms with van der Waals surface area (Å²) in [7, 11) is 6.40. The van der Waals surface area contributed by atoms with Gasteiger partial charge in [-0.2, -0.15) is 0 Å². The van der Waals surface area contributed by atoms with Crippen molar-refractivity contribution >= 4 is 34.0 Å². The van der Waals surface area contributed by atoms with Gasteiger partial charge < -0.3 is 25.4 Å². The van der Waals surface area contributed by atoms with Crippen molar-refractivity contribution in [1.29, 1.82) is 0 Å². The monoisotopic (exact) mass is 301 g/mol. The lowest BCUT2D eigenvalue weighted by Crippen LogP contribution is -2.21. The zero-order valence-corrected chi connectivity index (χ0v) is 12.8. The number of carbonyl (C=O) groups is 2. The molecular weight excluding hydrogens is 282 g/mol. The third-order valence-electron chi connectivity index (χ3n) is 2.55. The number of ether oxygens (including phenoxy) is 2. The van der Waals surface area contributed by atoms with E-state index in [0.717, 1.165) is 17.9 Å². The van der Waals surface area contributed by atoms with Gasteiger partial charge in [-0.05, 0) is 14.1 Å². The van der Waals surface area contributed by atoms with E-state index in [1.165, 1.54) is 14.2 Å². The van der Waals surface area contributed by atoms with E-state index in [1.54, 1.807) is 0 Å². The smallest absolute Gasteiger partial charge is 0.350 e. The Bertz CT molecular complexity index is 499. The summed E-state index contributed by atoms with van der Waals surface area (Å²) in [5, 5.41) is 3.60. The minimum Gasteiger partial charge on any atom is -0.465 e. The summed E-state index contributed by atoms with van der Waals surface area (Å²) in [6, 6.07) is 0. The molecule has 0 saturated heterocycles. The van der Waals surface area contributed by atoms with E-state index in [0.29, 0.717) is 11.5 Å². The van der Waals surface area contributed by atoms with Crippen molar-refractivity contribution < 1.29 is 19.1 Å². The number of nitrogens with two attached hydrogens (primary N) is 1. The summed E-state index contributed by atoms with van der Waals surface area (Å²) in [6.45, 7) is 1.38. The van der Waals surface area contributed by atoms with Crippen molar-refractivity contribution in [2.24, 2.45) is 0 Å². The molecule has 112 valence electrons. The van der Waals surface area contributed by atoms with E-state index < -0.39 is 11.9 Å². The second-order valence-electron chi connectivity index (χ2n) is 4.26. The molecule has 0 aromatic carbocycles. The van der Waals surface area contributed by atoms with Crippen LogP contribution in [0.1, 0.15) is 20.0 Å². The van der Waals surface area contributed by atoms with Gasteiger partial charge in [-0.1, -0.05) is 0 Å². The molecular formula is C12H19N3O4S. The molecule has 0 spiro atoms. The van der Waals surface area contributed by atoms with Crippen molar-refractivity contribution in [3.05, 3.63) is 10.4 Å². The van der Waals surface area contributed by atoms with Gasteiger partial charge in [0.15, 0.2) is 0 Å². The predicted molar refractivity (Wildman–Crippen MR) is 78.5 cm³/mol. The number of likely N-dealkylation sites (N-methyl/N-ethyl adjacent to an activating group) is 1. The van der Waals surface area contributed by atoms with Crippen LogP contribution >= 0.6 is 11.3 Å². The number of hydrogen-bond donors (Lipinski definition) is 2. The third-order valence-corrected chi connectivity index (χ3v) is 3.69. The van der Waals surface area contributed by atoms with Crippen molar-refractivity contribution in [2.75, 3.05) is 52.5 Å². The standard InChI is InChI=1S/C12H19N3O4S/c1-15(2)6-5-14-10-7(11(16)18-3)8(13)9(20-10)12(17)19-4/h14H,5-6,13H2,1-4H3. The second-order valence-corrected chi connectivity index (χ2v) is 5.28. The first-order valence-electron chi connectivity index (χ1n) is 5.89. The molecule has 1 aromatic heterocycles. The number of rotatable bonds is 6. The molecule has 20 heavy (non-hydrogen) atoms. The molecule has 1 aromatic rings. The molecule has 3 N–H and O–H groups in total. The quantitative estimate of drug-likeness (QED) is 0.753. The summed E-state index contributed by atoms with van der Waals surface area (Å²) in [5.74, 6) is -1.15. The molecule has 8 heteroatoms. The lowest BCUT2D eigenvalue weighted by Gasteiger charge is -2.11. The van der Waals surface area contributed by atoms with Gasteiger partial charge in [0.1, 0.15) is 15.4 Å². The molecule has 0 radical (unpaired) electrons. The van der Waals surface area contributed by atoms with Crippen LogP contribution in [-0.4, -0.2) is 58.2 Å². The third kappa shape index (κ3) is 3.61. The molecule has 0 atom stereocenters. The van der Waals surface area contributed by atoms with Crippen LogP contribution in [0.2, 0.25) is 0 Å². The highest BCUT2D eigenvalue weighted by molar-refractivity contribution is 7.19. The number of esters is 2. The fourth-order valence-corrected chi connectivity index (χ4v) is 2.56. The van der Waals surface area contributed by atoms with Gasteiger partial charge in [0, 0.05) is 13.1 Å². The summed E-state index contributed by atoms with van der Waals surface area (Å²) in [4.78, 5) is 25.6. The van der Waals surface area contributed by atoms with Crippen molar-refractivity contribution in [3.8, 4) is 0 Å². The van der Waals surface area contributed by atoms with Gasteiger partial charge in [0.05, 0.1) is 19.9 Å². The normalized spacial score (nSPS) is 10.4. The maximum atomic E-state index is 11.8. The average Bonchev–Trinajstić information content (AvgIpc) is 2.73. The van der Waals surface area contributed by atoms with Gasteiger partial charge >= 0.3 is 11.9 Å². The van der Waals surface area contributed by atoms with Gasteiger partial charge in [-0.15, -0.1) is 11.3 Å². The summed E-state index contributed by atoms with van der Waals surface area (Å²) < 4.78 is 9.34. The summed E-state index contributed by atoms with van der Waals surface area (Å²) in [6.07, 6.45) is 0. The lowest BCUT2D eigenvalue weighted by molar-refractivity contribution is 0.0602. The van der Waals surface area contributed by atoms with Crippen LogP contribution in [0.25, 0.3) is 0 Å². The Labute approximate surface area is 121 Å². The minimum absolute atomic E-state index is 0.0843. The Morgan fingerprint density at radius 3 is 2.35 bits per heavy atom. The van der Waals surface area contributed by atoms with Crippen LogP contribution in [0.4, 0.5) is 10.7 Å². The van der Waals surface area contributed by atoms with Gasteiger partial charge in [0.25, 0.3) is 0 Å². The van der Waals surface area contributed by atoms with E-state index in [4.69, 9.17) is 10.5 Å². The SMILES string of the molecule is COC(=O)c1sc(NCCN(C)C)c(C(=O)OC)c1N. The molecule has 7 nitrogen and oxygen atoms in total. The number of methoxy groups -OCH3 is 2. The molecule has 0 aliphatic rings. The van der Waals surface area contributed by atoms with Crippen LogP contribution in [0.15, 0.2) is 0 Å². The van der Waals surface area contributed by atoms with Crippen LogP contribution in [0.3, 0.4) is 0 Å². The molecule has 0 amide bonds. The van der Waals surface area contributed by atoms with Crippen molar-refractivity contribution in [1.82, 2.24) is 4.90 Å². The predicted octanol–water partition coefficient (Wildman–Crippen LogP) is 0.877. The molecule has 0 fully saturated rings. The Hall–Kier alpha value is -1.80. The first-order chi connectivity index (χ1) is 9.42. The first-order valence-corrected chi connectivity index (χ1v) is 6.71. The van der Waals surface area contributed by atoms with Crippen LogP contribution in [-0.2, 0) is 9.47 Å². The van der Waals surface area contributed by atoms with E-state index in [2.05, 4.69) is 10.1 Å². The second kappa shape index (κ2) is 7.11. The van der Waals surface area contributed by atoms with Crippen LogP contribution < -0.4 is 11.1 Å². The summed E-state index contributed by atoms with van der Waals surface area (Å²) >= 11 is 1.08. The fraction of sp³-hybridized carbons (Fsp3) is 0.500. The highest BCUT2D eigenvalue weighted by atomic mass is 32.1. The Morgan fingerprint density at radius 1 is 1.25 bits per heavy atom. The summed E-state index contributed by atoms with van der Waals surface area (Å²) in [5.41, 5.74) is 6.11. The van der Waals surface area contributed by atoms with Gasteiger partial charge in [0.2, 0.25) is 0 Å². The fourth-order valence-electron chi connectivity index (χ4n) is 1.51. The number of carbonyl (C=O) groups excluding carboxylic acids is 2. The number of anilines is 2. The van der Waals surface area contributed by atoms with E-state index in [1.807, 2.05) is 19.0 Å². The molecule has 0 aliphatic heterocycles. The maximum absolute atomic E-state index is 11.8. The number of nitrogen functional groups attached to an aromatic ring is 1. The Kier molecular flexibility index (Phi) is 5.78. The van der Waals surface area contributed by atoms with Gasteiger partial charge in [-0.3, -0.25) is 0 Å². The molecule has 0 unspecified atom stereocenters. The largest absolute Gasteiger partial charge is 0.465 e. The van der Waals surface area contributed by atoms with Crippen LogP contribution in [0.5, 0.6) is 0 Å². The molecule has 0 saturated carbocycles. The van der Waals surface area contributed by atoms with E-state index in [9.17, 15) is 9.59 Å². The maximum Gasteiger partial charge on any atom is 0.350 e. The zero-order valence-electron chi connectivity index (χ0n) is 12.0.